The van der Waals surface area contributed by atoms with E-state index in [4.69, 9.17) is 4.42 Å². The highest BCUT2D eigenvalue weighted by atomic mass is 16.3. The molecule has 1 N–H and O–H groups in total. The maximum absolute atomic E-state index is 12.8. The largest absolute Gasteiger partial charge is 0.467 e. The number of anilines is 1. The van der Waals surface area contributed by atoms with Gasteiger partial charge in [0.15, 0.2) is 0 Å². The highest BCUT2D eigenvalue weighted by molar-refractivity contribution is 5.94. The number of nitrogens with zero attached hydrogens (tertiary/aromatic N) is 1. The van der Waals surface area contributed by atoms with E-state index in [2.05, 4.69) is 55.3 Å². The average Bonchev–Trinajstić information content (AvgIpc) is 3.38. The summed E-state index contributed by atoms with van der Waals surface area (Å²) in [5.41, 5.74) is 4.53. The van der Waals surface area contributed by atoms with Crippen LogP contribution in [-0.4, -0.2) is 19.0 Å². The highest BCUT2D eigenvalue weighted by Crippen LogP contribution is 2.35. The second-order valence-electron chi connectivity index (χ2n) is 8.64. The Morgan fingerprint density at radius 3 is 2.52 bits per heavy atom. The summed E-state index contributed by atoms with van der Waals surface area (Å²) < 4.78 is 5.72. The van der Waals surface area contributed by atoms with Crippen LogP contribution in [0.1, 0.15) is 54.1 Å². The van der Waals surface area contributed by atoms with Crippen LogP contribution in [0.3, 0.4) is 0 Å². The summed E-state index contributed by atoms with van der Waals surface area (Å²) in [5, 5.41) is 3.11. The minimum atomic E-state index is -0.0607. The number of fused-ring (bicyclic) bond motifs is 1. The standard InChI is InChI=1S/C25H28N2O2/c1-25(2,3)20-12-10-19(11-13-20)24(28)26-17-22(23-9-6-16-29-23)27-15-14-18-7-4-5-8-21(18)27/h4-13,16,22H,14-15,17H2,1-3H3,(H,26,28)/t22-/m0/s1. The van der Waals surface area contributed by atoms with Gasteiger partial charge in [-0.3, -0.25) is 4.79 Å². The van der Waals surface area contributed by atoms with Crippen molar-refractivity contribution in [2.75, 3.05) is 18.0 Å². The molecule has 0 radical (unpaired) electrons. The lowest BCUT2D eigenvalue weighted by Crippen LogP contribution is -2.37. The Balaban J connectivity index is 1.50. The molecule has 1 aliphatic rings. The van der Waals surface area contributed by atoms with E-state index >= 15 is 0 Å². The molecular weight excluding hydrogens is 360 g/mol. The summed E-state index contributed by atoms with van der Waals surface area (Å²) in [7, 11) is 0. The smallest absolute Gasteiger partial charge is 0.251 e. The molecule has 3 aromatic rings. The molecule has 1 aromatic heterocycles. The fraction of sp³-hybridized carbons (Fsp3) is 0.320. The topological polar surface area (TPSA) is 45.5 Å². The Bertz CT molecular complexity index is 969. The Kier molecular flexibility index (Phi) is 5.18. The monoisotopic (exact) mass is 388 g/mol. The molecule has 2 heterocycles. The molecule has 4 rings (SSSR count). The highest BCUT2D eigenvalue weighted by Gasteiger charge is 2.29. The number of carbonyl (C=O) groups is 1. The van der Waals surface area contributed by atoms with E-state index in [1.807, 2.05) is 36.4 Å². The molecule has 150 valence electrons. The van der Waals surface area contributed by atoms with Crippen molar-refractivity contribution in [3.63, 3.8) is 0 Å². The lowest BCUT2D eigenvalue weighted by molar-refractivity contribution is 0.0950. The summed E-state index contributed by atoms with van der Waals surface area (Å²) in [6.45, 7) is 7.92. The number of hydrogen-bond donors (Lipinski definition) is 1. The first kappa shape index (κ1) is 19.3. The lowest BCUT2D eigenvalue weighted by atomic mass is 9.87. The van der Waals surface area contributed by atoms with Gasteiger partial charge in [0.05, 0.1) is 6.26 Å². The molecule has 1 aliphatic heterocycles. The SMILES string of the molecule is CC(C)(C)c1ccc(C(=O)NC[C@@H](c2ccco2)N2CCc3ccccc32)cc1. The fourth-order valence-electron chi connectivity index (χ4n) is 3.95. The van der Waals surface area contributed by atoms with E-state index in [-0.39, 0.29) is 17.4 Å². The quantitative estimate of drug-likeness (QED) is 0.660. The fourth-order valence-corrected chi connectivity index (χ4v) is 3.95. The summed E-state index contributed by atoms with van der Waals surface area (Å²) >= 11 is 0. The van der Waals surface area contributed by atoms with Gasteiger partial charge >= 0.3 is 0 Å². The van der Waals surface area contributed by atoms with Crippen LogP contribution in [0.4, 0.5) is 5.69 Å². The number of furan rings is 1. The number of benzene rings is 2. The van der Waals surface area contributed by atoms with Crippen molar-refractivity contribution in [3.8, 4) is 0 Å². The van der Waals surface area contributed by atoms with Gasteiger partial charge in [0, 0.05) is 24.3 Å². The molecule has 29 heavy (non-hydrogen) atoms. The molecule has 1 amide bonds. The van der Waals surface area contributed by atoms with E-state index in [0.717, 1.165) is 18.7 Å². The van der Waals surface area contributed by atoms with Crippen LogP contribution in [0.2, 0.25) is 0 Å². The molecule has 0 unspecified atom stereocenters. The Morgan fingerprint density at radius 2 is 1.83 bits per heavy atom. The first-order valence-electron chi connectivity index (χ1n) is 10.2. The zero-order valence-electron chi connectivity index (χ0n) is 17.3. The molecule has 2 aromatic carbocycles. The zero-order valence-corrected chi connectivity index (χ0v) is 17.3. The molecule has 0 aliphatic carbocycles. The number of rotatable bonds is 5. The van der Waals surface area contributed by atoms with Crippen LogP contribution in [0.5, 0.6) is 0 Å². The lowest BCUT2D eigenvalue weighted by Gasteiger charge is -2.29. The number of para-hydroxylation sites is 1. The van der Waals surface area contributed by atoms with E-state index in [0.29, 0.717) is 12.1 Å². The third-order valence-corrected chi connectivity index (χ3v) is 5.64. The van der Waals surface area contributed by atoms with Crippen molar-refractivity contribution < 1.29 is 9.21 Å². The molecule has 1 atom stereocenters. The minimum Gasteiger partial charge on any atom is -0.467 e. The van der Waals surface area contributed by atoms with Crippen molar-refractivity contribution in [2.24, 2.45) is 0 Å². The van der Waals surface area contributed by atoms with Gasteiger partial charge in [-0.05, 0) is 53.3 Å². The first-order valence-corrected chi connectivity index (χ1v) is 10.2. The molecular formula is C25H28N2O2. The maximum atomic E-state index is 12.8. The second-order valence-corrected chi connectivity index (χ2v) is 8.64. The maximum Gasteiger partial charge on any atom is 0.251 e. The molecule has 0 spiro atoms. The normalized spacial score (nSPS) is 14.5. The van der Waals surface area contributed by atoms with E-state index < -0.39 is 0 Å². The Hall–Kier alpha value is -3.01. The third kappa shape index (κ3) is 4.07. The van der Waals surface area contributed by atoms with Crippen molar-refractivity contribution in [3.05, 3.63) is 89.4 Å². The van der Waals surface area contributed by atoms with Gasteiger partial charge in [-0.2, -0.15) is 0 Å². The third-order valence-electron chi connectivity index (χ3n) is 5.64. The second kappa shape index (κ2) is 7.78. The molecule has 4 nitrogen and oxygen atoms in total. The van der Waals surface area contributed by atoms with Gasteiger partial charge in [0.2, 0.25) is 0 Å². The molecule has 4 heteroatoms. The predicted molar refractivity (Wildman–Crippen MR) is 116 cm³/mol. The van der Waals surface area contributed by atoms with Crippen LogP contribution in [0, 0.1) is 0 Å². The van der Waals surface area contributed by atoms with Crippen molar-refractivity contribution in [1.29, 1.82) is 0 Å². The van der Waals surface area contributed by atoms with Crippen LogP contribution >= 0.6 is 0 Å². The van der Waals surface area contributed by atoms with Crippen molar-refractivity contribution in [1.82, 2.24) is 5.32 Å². The van der Waals surface area contributed by atoms with Gasteiger partial charge in [-0.15, -0.1) is 0 Å². The van der Waals surface area contributed by atoms with Gasteiger partial charge in [-0.25, -0.2) is 0 Å². The van der Waals surface area contributed by atoms with Gasteiger partial charge in [-0.1, -0.05) is 51.1 Å². The van der Waals surface area contributed by atoms with Crippen molar-refractivity contribution >= 4 is 11.6 Å². The van der Waals surface area contributed by atoms with Crippen LogP contribution in [-0.2, 0) is 11.8 Å². The number of hydrogen-bond acceptors (Lipinski definition) is 3. The predicted octanol–water partition coefficient (Wildman–Crippen LogP) is 5.11. The zero-order chi connectivity index (χ0) is 20.4. The first-order chi connectivity index (χ1) is 13.9. The number of carbonyl (C=O) groups excluding carboxylic acids is 1. The average molecular weight is 389 g/mol. The summed E-state index contributed by atoms with van der Waals surface area (Å²) in [5.74, 6) is 0.805. The van der Waals surface area contributed by atoms with Crippen LogP contribution in [0.15, 0.2) is 71.3 Å². The molecule has 0 saturated carbocycles. The van der Waals surface area contributed by atoms with Crippen LogP contribution < -0.4 is 10.2 Å². The Labute approximate surface area is 172 Å². The Morgan fingerprint density at radius 1 is 1.07 bits per heavy atom. The van der Waals surface area contributed by atoms with Crippen molar-refractivity contribution in [2.45, 2.75) is 38.6 Å². The van der Waals surface area contributed by atoms with Gasteiger partial charge in [0.25, 0.3) is 5.91 Å². The summed E-state index contributed by atoms with van der Waals surface area (Å²) in [6.07, 6.45) is 2.70. The number of amides is 1. The minimum absolute atomic E-state index is 0.0357. The molecule has 0 fully saturated rings. The summed E-state index contributed by atoms with van der Waals surface area (Å²) in [6, 6.07) is 20.2. The molecule has 0 saturated heterocycles. The van der Waals surface area contributed by atoms with Gasteiger partial charge in [0.1, 0.15) is 11.8 Å². The van der Waals surface area contributed by atoms with Gasteiger partial charge < -0.3 is 14.6 Å². The summed E-state index contributed by atoms with van der Waals surface area (Å²) in [4.78, 5) is 15.1. The number of nitrogens with one attached hydrogen (secondary N) is 1. The van der Waals surface area contributed by atoms with E-state index in [1.165, 1.54) is 16.8 Å². The van der Waals surface area contributed by atoms with E-state index in [1.54, 1.807) is 6.26 Å². The van der Waals surface area contributed by atoms with E-state index in [9.17, 15) is 4.79 Å². The van der Waals surface area contributed by atoms with Crippen LogP contribution in [0.25, 0.3) is 0 Å². The molecule has 0 bridgehead atoms.